The minimum atomic E-state index is -0.419. The normalized spacial score (nSPS) is 11.4. The zero-order valence-electron chi connectivity index (χ0n) is 11.6. The highest BCUT2D eigenvalue weighted by molar-refractivity contribution is 5.94. The smallest absolute Gasteiger partial charge is 0.229 e. The highest BCUT2D eigenvalue weighted by Gasteiger charge is 2.21. The van der Waals surface area contributed by atoms with Crippen LogP contribution in [0.4, 0.5) is 5.69 Å². The first-order valence-electron chi connectivity index (χ1n) is 6.17. The van der Waals surface area contributed by atoms with E-state index in [0.29, 0.717) is 5.82 Å². The van der Waals surface area contributed by atoms with E-state index in [1.54, 1.807) is 0 Å². The monoisotopic (exact) mass is 258 g/mol. The summed E-state index contributed by atoms with van der Waals surface area (Å²) in [6.07, 6.45) is 0. The van der Waals surface area contributed by atoms with Crippen molar-refractivity contribution in [3.05, 3.63) is 30.1 Å². The summed E-state index contributed by atoms with van der Waals surface area (Å²) >= 11 is 0. The number of rotatable bonds is 2. The number of nitrogens with one attached hydrogen (secondary N) is 2. The molecule has 0 radical (unpaired) electrons. The predicted molar refractivity (Wildman–Crippen MR) is 74.6 cm³/mol. The number of H-pyrrole nitrogens is 1. The third kappa shape index (κ3) is 3.19. The fraction of sp³-hybridized carbons (Fsp3) is 0.357. The number of hydrogen-bond donors (Lipinski definition) is 2. The van der Waals surface area contributed by atoms with E-state index in [9.17, 15) is 4.79 Å². The lowest BCUT2D eigenvalue weighted by Gasteiger charge is -2.17. The van der Waals surface area contributed by atoms with Gasteiger partial charge in [-0.15, -0.1) is 0 Å². The van der Waals surface area contributed by atoms with Gasteiger partial charge in [0.15, 0.2) is 5.82 Å². The number of aryl methyl sites for hydroxylation is 1. The highest BCUT2D eigenvalue weighted by Crippen LogP contribution is 2.21. The maximum Gasteiger partial charge on any atom is 0.229 e. The average molecular weight is 258 g/mol. The zero-order valence-corrected chi connectivity index (χ0v) is 11.6. The Labute approximate surface area is 112 Å². The Hall–Kier alpha value is -2.17. The predicted octanol–water partition coefficient (Wildman–Crippen LogP) is 2.76. The molecule has 0 aliphatic rings. The van der Waals surface area contributed by atoms with Crippen LogP contribution in [-0.2, 0) is 4.79 Å². The van der Waals surface area contributed by atoms with Crippen LogP contribution in [0.3, 0.4) is 0 Å². The summed E-state index contributed by atoms with van der Waals surface area (Å²) in [7, 11) is 0. The van der Waals surface area contributed by atoms with Gasteiger partial charge in [0.25, 0.3) is 0 Å². The van der Waals surface area contributed by atoms with Crippen molar-refractivity contribution in [2.75, 3.05) is 5.32 Å². The van der Waals surface area contributed by atoms with Gasteiger partial charge in [-0.05, 0) is 19.1 Å². The molecule has 0 bridgehead atoms. The fourth-order valence-electron chi connectivity index (χ4n) is 1.53. The van der Waals surface area contributed by atoms with Gasteiger partial charge >= 0.3 is 0 Å². The van der Waals surface area contributed by atoms with Crippen LogP contribution < -0.4 is 5.32 Å². The molecule has 2 rings (SSSR count). The van der Waals surface area contributed by atoms with E-state index in [4.69, 9.17) is 0 Å². The molecular weight excluding hydrogens is 240 g/mol. The third-order valence-electron chi connectivity index (χ3n) is 2.66. The molecule has 0 aliphatic carbocycles. The van der Waals surface area contributed by atoms with Crippen LogP contribution in [0.15, 0.2) is 24.3 Å². The molecule has 1 amide bonds. The maximum absolute atomic E-state index is 11.9. The van der Waals surface area contributed by atoms with Crippen molar-refractivity contribution in [3.63, 3.8) is 0 Å². The minimum absolute atomic E-state index is 0.0178. The van der Waals surface area contributed by atoms with Crippen molar-refractivity contribution >= 4 is 11.6 Å². The lowest BCUT2D eigenvalue weighted by Crippen LogP contribution is -2.27. The Morgan fingerprint density at radius 1 is 1.32 bits per heavy atom. The van der Waals surface area contributed by atoms with E-state index in [-0.39, 0.29) is 5.91 Å². The molecule has 5 heteroatoms. The first-order chi connectivity index (χ1) is 8.86. The Morgan fingerprint density at radius 3 is 2.63 bits per heavy atom. The van der Waals surface area contributed by atoms with Crippen molar-refractivity contribution in [2.45, 2.75) is 27.7 Å². The molecular formula is C14H18N4O. The summed E-state index contributed by atoms with van der Waals surface area (Å²) in [5, 5.41) is 9.80. The van der Waals surface area contributed by atoms with Crippen LogP contribution in [0.5, 0.6) is 0 Å². The van der Waals surface area contributed by atoms with Crippen molar-refractivity contribution in [3.8, 4) is 11.4 Å². The number of carbonyl (C=O) groups is 1. The molecule has 0 saturated carbocycles. The Kier molecular flexibility index (Phi) is 3.38. The molecule has 100 valence electrons. The molecule has 1 aromatic heterocycles. The van der Waals surface area contributed by atoms with Crippen LogP contribution >= 0.6 is 0 Å². The summed E-state index contributed by atoms with van der Waals surface area (Å²) in [4.78, 5) is 16.2. The molecule has 0 fully saturated rings. The number of aromatic amines is 1. The van der Waals surface area contributed by atoms with Crippen LogP contribution in [0.2, 0.25) is 0 Å². The van der Waals surface area contributed by atoms with Gasteiger partial charge in [-0.1, -0.05) is 32.9 Å². The maximum atomic E-state index is 11.9. The highest BCUT2D eigenvalue weighted by atomic mass is 16.2. The zero-order chi connectivity index (χ0) is 14.0. The molecule has 19 heavy (non-hydrogen) atoms. The number of nitrogens with zero attached hydrogens (tertiary/aromatic N) is 2. The van der Waals surface area contributed by atoms with E-state index in [1.807, 2.05) is 52.0 Å². The Balaban J connectivity index is 2.23. The average Bonchev–Trinajstić information content (AvgIpc) is 2.75. The summed E-state index contributed by atoms with van der Waals surface area (Å²) in [6.45, 7) is 7.49. The molecule has 0 atom stereocenters. The first-order valence-corrected chi connectivity index (χ1v) is 6.17. The minimum Gasteiger partial charge on any atom is -0.326 e. The second-order valence-corrected chi connectivity index (χ2v) is 5.53. The van der Waals surface area contributed by atoms with Gasteiger partial charge in [-0.3, -0.25) is 9.89 Å². The molecule has 1 heterocycles. The largest absolute Gasteiger partial charge is 0.326 e. The van der Waals surface area contributed by atoms with Crippen LogP contribution in [0.1, 0.15) is 26.6 Å². The topological polar surface area (TPSA) is 70.7 Å². The third-order valence-corrected chi connectivity index (χ3v) is 2.66. The van der Waals surface area contributed by atoms with Gasteiger partial charge in [-0.2, -0.15) is 5.10 Å². The molecule has 0 unspecified atom stereocenters. The summed E-state index contributed by atoms with van der Waals surface area (Å²) in [5.74, 6) is 1.37. The number of carbonyl (C=O) groups excluding carboxylic acids is 1. The van der Waals surface area contributed by atoms with Crippen LogP contribution in [-0.4, -0.2) is 21.1 Å². The van der Waals surface area contributed by atoms with E-state index < -0.39 is 5.41 Å². The Bertz CT molecular complexity index is 595. The second-order valence-electron chi connectivity index (χ2n) is 5.53. The van der Waals surface area contributed by atoms with E-state index in [1.165, 1.54) is 0 Å². The van der Waals surface area contributed by atoms with Crippen molar-refractivity contribution < 1.29 is 4.79 Å². The van der Waals surface area contributed by atoms with Crippen LogP contribution in [0.25, 0.3) is 11.4 Å². The number of amides is 1. The van der Waals surface area contributed by atoms with Crippen molar-refractivity contribution in [1.29, 1.82) is 0 Å². The SMILES string of the molecule is Cc1nc(-c2cccc(NC(=O)C(C)(C)C)c2)n[nH]1. The quantitative estimate of drug-likeness (QED) is 0.870. The summed E-state index contributed by atoms with van der Waals surface area (Å²) < 4.78 is 0. The van der Waals surface area contributed by atoms with E-state index >= 15 is 0 Å². The van der Waals surface area contributed by atoms with Gasteiger partial charge in [-0.25, -0.2) is 4.98 Å². The fourth-order valence-corrected chi connectivity index (χ4v) is 1.53. The number of benzene rings is 1. The standard InChI is InChI=1S/C14H18N4O/c1-9-15-12(18-17-9)10-6-5-7-11(8-10)16-13(19)14(2,3)4/h5-8H,1-4H3,(H,16,19)(H,15,17,18). The van der Waals surface area contributed by atoms with E-state index in [2.05, 4.69) is 20.5 Å². The van der Waals surface area contributed by atoms with Gasteiger partial charge in [0.1, 0.15) is 5.82 Å². The van der Waals surface area contributed by atoms with Gasteiger partial charge < -0.3 is 5.32 Å². The van der Waals surface area contributed by atoms with Gasteiger partial charge in [0.2, 0.25) is 5.91 Å². The molecule has 0 spiro atoms. The van der Waals surface area contributed by atoms with Gasteiger partial charge in [0.05, 0.1) is 0 Å². The molecule has 2 N–H and O–H groups in total. The lowest BCUT2D eigenvalue weighted by atomic mass is 9.95. The van der Waals surface area contributed by atoms with E-state index in [0.717, 1.165) is 17.1 Å². The van der Waals surface area contributed by atoms with Crippen LogP contribution in [0, 0.1) is 12.3 Å². The first kappa shape index (κ1) is 13.3. The van der Waals surface area contributed by atoms with Crippen molar-refractivity contribution in [2.24, 2.45) is 5.41 Å². The molecule has 2 aromatic rings. The lowest BCUT2D eigenvalue weighted by molar-refractivity contribution is -0.123. The summed E-state index contributed by atoms with van der Waals surface area (Å²) in [5.41, 5.74) is 1.20. The molecule has 5 nitrogen and oxygen atoms in total. The molecule has 0 aliphatic heterocycles. The number of hydrogen-bond acceptors (Lipinski definition) is 3. The molecule has 0 saturated heterocycles. The number of aromatic nitrogens is 3. The summed E-state index contributed by atoms with van der Waals surface area (Å²) in [6, 6.07) is 7.51. The molecule has 1 aromatic carbocycles. The second kappa shape index (κ2) is 4.84. The number of anilines is 1. The Morgan fingerprint density at radius 2 is 2.05 bits per heavy atom. The van der Waals surface area contributed by atoms with Crippen molar-refractivity contribution in [1.82, 2.24) is 15.2 Å². The van der Waals surface area contributed by atoms with Gasteiger partial charge in [0, 0.05) is 16.7 Å².